The minimum absolute atomic E-state index is 0. The SMILES string of the molecule is CCN[C@H]1CN(CCC(=O)OCC)S(=O)(=O)c2sc(S(N)(=O)=O)cc21.Cl. The van der Waals surface area contributed by atoms with Crippen LogP contribution >= 0.6 is 23.7 Å². The molecule has 0 fully saturated rings. The molecule has 13 heteroatoms. The second-order valence-corrected chi connectivity index (χ2v) is 10.4. The van der Waals surface area contributed by atoms with E-state index in [9.17, 15) is 21.6 Å². The van der Waals surface area contributed by atoms with E-state index in [1.807, 2.05) is 6.92 Å². The standard InChI is InChI=1S/C13H21N3O6S3.ClH/c1-3-15-10-8-16(6-5-11(17)22-4-2)25(20,21)13-9(10)7-12(23-13)24(14,18)19;/h7,10,15H,3-6,8H2,1-2H3,(H2,14,18,19);1H/t10-;/m0./s1. The number of thiophene rings is 1. The van der Waals surface area contributed by atoms with Gasteiger partial charge in [0, 0.05) is 24.7 Å². The number of nitrogens with zero attached hydrogens (tertiary/aromatic N) is 1. The van der Waals surface area contributed by atoms with Gasteiger partial charge in [-0.05, 0) is 19.5 Å². The Balaban J connectivity index is 0.00000338. The third-order valence-corrected chi connectivity index (χ3v) is 8.60. The van der Waals surface area contributed by atoms with Crippen molar-refractivity contribution in [2.75, 3.05) is 26.2 Å². The Morgan fingerprint density at radius 3 is 2.65 bits per heavy atom. The van der Waals surface area contributed by atoms with Gasteiger partial charge in [-0.2, -0.15) is 4.31 Å². The van der Waals surface area contributed by atoms with Crippen molar-refractivity contribution in [1.29, 1.82) is 0 Å². The number of hydrogen-bond acceptors (Lipinski definition) is 8. The lowest BCUT2D eigenvalue weighted by Crippen LogP contribution is -2.44. The molecule has 0 saturated heterocycles. The van der Waals surface area contributed by atoms with Gasteiger partial charge in [-0.3, -0.25) is 4.79 Å². The van der Waals surface area contributed by atoms with E-state index in [-0.39, 0.29) is 53.0 Å². The van der Waals surface area contributed by atoms with Crippen molar-refractivity contribution < 1.29 is 26.4 Å². The van der Waals surface area contributed by atoms with Gasteiger partial charge < -0.3 is 10.1 Å². The average Bonchev–Trinajstić information content (AvgIpc) is 2.96. The number of ether oxygens (including phenoxy) is 1. The summed E-state index contributed by atoms with van der Waals surface area (Å²) in [5, 5.41) is 8.27. The molecule has 2 rings (SSSR count). The highest BCUT2D eigenvalue weighted by atomic mass is 35.5. The van der Waals surface area contributed by atoms with Crippen molar-refractivity contribution in [1.82, 2.24) is 9.62 Å². The van der Waals surface area contributed by atoms with Gasteiger partial charge in [-0.15, -0.1) is 23.7 Å². The lowest BCUT2D eigenvalue weighted by molar-refractivity contribution is -0.143. The minimum atomic E-state index is -4.00. The first-order valence-corrected chi connectivity index (χ1v) is 11.5. The van der Waals surface area contributed by atoms with Crippen LogP contribution in [0, 0.1) is 0 Å². The monoisotopic (exact) mass is 447 g/mol. The molecule has 1 aliphatic rings. The Kier molecular flexibility index (Phi) is 8.02. The normalized spacial score (nSPS) is 19.4. The van der Waals surface area contributed by atoms with Crippen LogP contribution < -0.4 is 10.5 Å². The molecule has 0 unspecified atom stereocenters. The molecule has 0 saturated carbocycles. The summed E-state index contributed by atoms with van der Waals surface area (Å²) in [5.41, 5.74) is 0.392. The first kappa shape index (κ1) is 23.3. The van der Waals surface area contributed by atoms with Crippen molar-refractivity contribution in [3.8, 4) is 0 Å². The predicted molar refractivity (Wildman–Crippen MR) is 99.4 cm³/mol. The molecule has 0 aromatic carbocycles. The minimum Gasteiger partial charge on any atom is -0.466 e. The molecule has 1 atom stereocenters. The van der Waals surface area contributed by atoms with Crippen LogP contribution in [0.3, 0.4) is 0 Å². The molecular formula is C13H22ClN3O6S3. The first-order chi connectivity index (χ1) is 11.6. The fourth-order valence-electron chi connectivity index (χ4n) is 2.55. The molecule has 1 aliphatic heterocycles. The Morgan fingerprint density at radius 2 is 2.12 bits per heavy atom. The van der Waals surface area contributed by atoms with E-state index in [2.05, 4.69) is 5.32 Å². The number of halogens is 1. The van der Waals surface area contributed by atoms with E-state index in [0.717, 1.165) is 0 Å². The molecular weight excluding hydrogens is 426 g/mol. The summed E-state index contributed by atoms with van der Waals surface area (Å²) in [6.45, 7) is 4.38. The summed E-state index contributed by atoms with van der Waals surface area (Å²) < 4.78 is 54.5. The number of fused-ring (bicyclic) bond motifs is 1. The molecule has 0 radical (unpaired) electrons. The molecule has 9 nitrogen and oxygen atoms in total. The Labute approximate surface area is 163 Å². The van der Waals surface area contributed by atoms with Crippen molar-refractivity contribution in [2.45, 2.75) is 34.7 Å². The number of likely N-dealkylation sites (N-methyl/N-ethyl adjacent to an activating group) is 1. The van der Waals surface area contributed by atoms with Gasteiger partial charge in [0.05, 0.1) is 13.0 Å². The number of hydrogen-bond donors (Lipinski definition) is 2. The second kappa shape index (κ2) is 8.95. The van der Waals surface area contributed by atoms with E-state index >= 15 is 0 Å². The van der Waals surface area contributed by atoms with E-state index < -0.39 is 26.0 Å². The van der Waals surface area contributed by atoms with Crippen molar-refractivity contribution in [3.63, 3.8) is 0 Å². The zero-order valence-corrected chi connectivity index (χ0v) is 17.6. The number of nitrogens with one attached hydrogen (secondary N) is 1. The molecule has 0 aliphatic carbocycles. The Hall–Kier alpha value is -0.760. The summed E-state index contributed by atoms with van der Waals surface area (Å²) in [6, 6.07) is 0.931. The molecule has 2 heterocycles. The highest BCUT2D eigenvalue weighted by Gasteiger charge is 2.39. The van der Waals surface area contributed by atoms with E-state index in [4.69, 9.17) is 9.88 Å². The van der Waals surface area contributed by atoms with Crippen LogP contribution in [0.25, 0.3) is 0 Å². The summed E-state index contributed by atoms with van der Waals surface area (Å²) in [6.07, 6.45) is -0.0747. The van der Waals surface area contributed by atoms with Crippen molar-refractivity contribution in [2.24, 2.45) is 5.14 Å². The quantitative estimate of drug-likeness (QED) is 0.578. The van der Waals surface area contributed by atoms with Crippen LogP contribution in [0.1, 0.15) is 31.9 Å². The fourth-order valence-corrected chi connectivity index (χ4v) is 6.82. The van der Waals surface area contributed by atoms with Gasteiger partial charge in [0.2, 0.25) is 10.0 Å². The number of carbonyl (C=O) groups excluding carboxylic acids is 1. The van der Waals surface area contributed by atoms with E-state index in [1.54, 1.807) is 6.92 Å². The zero-order chi connectivity index (χ0) is 18.8. The topological polar surface area (TPSA) is 136 Å². The van der Waals surface area contributed by atoms with Gasteiger partial charge in [0.25, 0.3) is 10.0 Å². The molecule has 3 N–H and O–H groups in total. The number of primary sulfonamides is 1. The van der Waals surface area contributed by atoms with Gasteiger partial charge in [0.15, 0.2) is 0 Å². The van der Waals surface area contributed by atoms with Crippen LogP contribution in [-0.2, 0) is 29.6 Å². The lowest BCUT2D eigenvalue weighted by Gasteiger charge is -2.32. The van der Waals surface area contributed by atoms with Gasteiger partial charge in [-0.25, -0.2) is 22.0 Å². The number of nitrogens with two attached hydrogens (primary N) is 1. The Morgan fingerprint density at radius 1 is 1.46 bits per heavy atom. The number of carbonyl (C=O) groups is 1. The second-order valence-electron chi connectivity index (χ2n) is 5.38. The largest absolute Gasteiger partial charge is 0.466 e. The van der Waals surface area contributed by atoms with Crippen LogP contribution in [0.4, 0.5) is 0 Å². The molecule has 1 aromatic heterocycles. The van der Waals surface area contributed by atoms with Gasteiger partial charge in [-0.1, -0.05) is 6.92 Å². The van der Waals surface area contributed by atoms with Crippen LogP contribution in [0.2, 0.25) is 0 Å². The fraction of sp³-hybridized carbons (Fsp3) is 0.615. The molecule has 150 valence electrons. The zero-order valence-electron chi connectivity index (χ0n) is 14.3. The number of sulfonamides is 2. The predicted octanol–water partition coefficient (Wildman–Crippen LogP) is 0.425. The van der Waals surface area contributed by atoms with E-state index in [1.165, 1.54) is 10.4 Å². The van der Waals surface area contributed by atoms with Gasteiger partial charge >= 0.3 is 5.97 Å². The van der Waals surface area contributed by atoms with Crippen LogP contribution in [0.5, 0.6) is 0 Å². The summed E-state index contributed by atoms with van der Waals surface area (Å²) in [4.78, 5) is 11.5. The molecule has 0 bridgehead atoms. The highest BCUT2D eigenvalue weighted by molar-refractivity contribution is 7.94. The molecule has 26 heavy (non-hydrogen) atoms. The third-order valence-electron chi connectivity index (χ3n) is 3.64. The molecule has 1 aromatic rings. The summed E-state index contributed by atoms with van der Waals surface area (Å²) in [5.74, 6) is -0.486. The Bertz CT molecular complexity index is 852. The molecule has 0 amide bonds. The smallest absolute Gasteiger partial charge is 0.307 e. The van der Waals surface area contributed by atoms with Crippen molar-refractivity contribution >= 4 is 49.8 Å². The number of esters is 1. The molecule has 0 spiro atoms. The number of rotatable bonds is 7. The summed E-state index contributed by atoms with van der Waals surface area (Å²) >= 11 is 0.628. The maximum atomic E-state index is 12.8. The third kappa shape index (κ3) is 4.94. The van der Waals surface area contributed by atoms with E-state index in [0.29, 0.717) is 23.4 Å². The average molecular weight is 448 g/mol. The first-order valence-electron chi connectivity index (χ1n) is 7.67. The van der Waals surface area contributed by atoms with Gasteiger partial charge in [0.1, 0.15) is 8.42 Å². The highest BCUT2D eigenvalue weighted by Crippen LogP contribution is 2.39. The maximum Gasteiger partial charge on any atom is 0.307 e. The van der Waals surface area contributed by atoms with Crippen molar-refractivity contribution in [3.05, 3.63) is 11.6 Å². The maximum absolute atomic E-state index is 12.8. The lowest BCUT2D eigenvalue weighted by atomic mass is 10.1. The van der Waals surface area contributed by atoms with Crippen LogP contribution in [0.15, 0.2) is 14.5 Å². The summed E-state index contributed by atoms with van der Waals surface area (Å²) in [7, 11) is -7.90. The van der Waals surface area contributed by atoms with Crippen LogP contribution in [-0.4, -0.2) is 53.4 Å².